The van der Waals surface area contributed by atoms with Crippen LogP contribution in [-0.2, 0) is 13.2 Å². The van der Waals surface area contributed by atoms with Crippen LogP contribution in [-0.4, -0.2) is 25.4 Å². The number of halogens is 3. The van der Waals surface area contributed by atoms with E-state index in [0.29, 0.717) is 27.6 Å². The molecule has 0 fully saturated rings. The topological polar surface area (TPSA) is 60.1 Å². The third-order valence-corrected chi connectivity index (χ3v) is 4.35. The van der Waals surface area contributed by atoms with Crippen molar-refractivity contribution in [3.63, 3.8) is 0 Å². The molecule has 1 N–H and O–H groups in total. The number of carbonyl (C=O) groups is 1. The third-order valence-electron chi connectivity index (χ3n) is 4.35. The first kappa shape index (κ1) is 16.2. The summed E-state index contributed by atoms with van der Waals surface area (Å²) in [6.07, 6.45) is -2.80. The normalized spacial score (nSPS) is 12.2. The Balaban J connectivity index is 2.01. The van der Waals surface area contributed by atoms with Crippen LogP contribution in [0.4, 0.5) is 13.2 Å². The van der Waals surface area contributed by atoms with Gasteiger partial charge in [0.2, 0.25) is 0 Å². The Hall–Kier alpha value is -3.29. The third kappa shape index (κ3) is 2.33. The average molecular weight is 359 g/mol. The van der Waals surface area contributed by atoms with Gasteiger partial charge in [-0.2, -0.15) is 18.3 Å². The van der Waals surface area contributed by atoms with Gasteiger partial charge in [-0.3, -0.25) is 4.68 Å². The van der Waals surface area contributed by atoms with Crippen LogP contribution in [0.25, 0.3) is 27.6 Å². The van der Waals surface area contributed by atoms with Crippen molar-refractivity contribution in [1.82, 2.24) is 14.3 Å². The standard InChI is InChI=1S/C18H12F3N3O2/c1-23-16-13-8-10(17(25)26)2-7-14(13)24(15(16)9-22-23)12-5-3-11(4-6-12)18(19,20)21/h2-9H,1H3,(H,25,26). The van der Waals surface area contributed by atoms with Crippen molar-refractivity contribution in [3.05, 3.63) is 59.8 Å². The van der Waals surface area contributed by atoms with Crippen LogP contribution in [0.2, 0.25) is 0 Å². The number of carboxylic acid groups (broad SMARTS) is 1. The number of alkyl halides is 3. The molecule has 4 aromatic rings. The number of aromatic nitrogens is 3. The van der Waals surface area contributed by atoms with E-state index in [4.69, 9.17) is 0 Å². The maximum Gasteiger partial charge on any atom is 0.416 e. The van der Waals surface area contributed by atoms with Crippen LogP contribution in [0.1, 0.15) is 15.9 Å². The van der Waals surface area contributed by atoms with E-state index in [1.54, 1.807) is 34.6 Å². The summed E-state index contributed by atoms with van der Waals surface area (Å²) < 4.78 is 41.8. The van der Waals surface area contributed by atoms with Crippen LogP contribution < -0.4 is 0 Å². The first-order valence-electron chi connectivity index (χ1n) is 7.64. The lowest BCUT2D eigenvalue weighted by Crippen LogP contribution is -2.05. The summed E-state index contributed by atoms with van der Waals surface area (Å²) in [6, 6.07) is 9.49. The SMILES string of the molecule is Cn1ncc2c1c1cc(C(=O)O)ccc1n2-c1ccc(C(F)(F)F)cc1. The second kappa shape index (κ2) is 5.35. The van der Waals surface area contributed by atoms with Gasteiger partial charge in [0.05, 0.1) is 33.9 Å². The van der Waals surface area contributed by atoms with E-state index in [9.17, 15) is 23.1 Å². The Morgan fingerprint density at radius 3 is 2.38 bits per heavy atom. The van der Waals surface area contributed by atoms with Gasteiger partial charge in [-0.15, -0.1) is 0 Å². The number of benzene rings is 2. The number of hydrogen-bond acceptors (Lipinski definition) is 2. The van der Waals surface area contributed by atoms with E-state index < -0.39 is 17.7 Å². The molecule has 4 rings (SSSR count). The van der Waals surface area contributed by atoms with Crippen molar-refractivity contribution in [2.45, 2.75) is 6.18 Å². The molecule has 2 aromatic heterocycles. The zero-order valence-corrected chi connectivity index (χ0v) is 13.4. The summed E-state index contributed by atoms with van der Waals surface area (Å²) >= 11 is 0. The minimum Gasteiger partial charge on any atom is -0.478 e. The van der Waals surface area contributed by atoms with E-state index in [-0.39, 0.29) is 5.56 Å². The van der Waals surface area contributed by atoms with Crippen LogP contribution >= 0.6 is 0 Å². The molecule has 0 amide bonds. The molecule has 0 aliphatic carbocycles. The van der Waals surface area contributed by atoms with Gasteiger partial charge in [-0.25, -0.2) is 4.79 Å². The number of aromatic carboxylic acids is 1. The lowest BCUT2D eigenvalue weighted by molar-refractivity contribution is -0.137. The Kier molecular flexibility index (Phi) is 3.33. The Bertz CT molecular complexity index is 1150. The molecule has 8 heteroatoms. The molecule has 2 aromatic carbocycles. The second-order valence-electron chi connectivity index (χ2n) is 5.92. The Morgan fingerprint density at radius 1 is 1.08 bits per heavy atom. The maximum absolute atomic E-state index is 12.8. The molecule has 0 unspecified atom stereocenters. The number of rotatable bonds is 2. The van der Waals surface area contributed by atoms with Gasteiger partial charge in [0.1, 0.15) is 0 Å². The summed E-state index contributed by atoms with van der Waals surface area (Å²) in [4.78, 5) is 11.3. The first-order chi connectivity index (χ1) is 12.3. The fourth-order valence-corrected chi connectivity index (χ4v) is 3.16. The number of aryl methyl sites for hydroxylation is 1. The molecule has 0 spiro atoms. The predicted molar refractivity (Wildman–Crippen MR) is 89.5 cm³/mol. The Labute approximate surface area is 144 Å². The molecular weight excluding hydrogens is 347 g/mol. The van der Waals surface area contributed by atoms with Crippen LogP contribution in [0.3, 0.4) is 0 Å². The fourth-order valence-electron chi connectivity index (χ4n) is 3.16. The van der Waals surface area contributed by atoms with Gasteiger partial charge in [0.25, 0.3) is 0 Å². The summed E-state index contributed by atoms with van der Waals surface area (Å²) in [5.41, 5.74) is 2.03. The van der Waals surface area contributed by atoms with E-state index in [0.717, 1.165) is 12.1 Å². The molecule has 5 nitrogen and oxygen atoms in total. The van der Waals surface area contributed by atoms with Crippen molar-refractivity contribution in [3.8, 4) is 5.69 Å². The quantitative estimate of drug-likeness (QED) is 0.583. The van der Waals surface area contributed by atoms with Gasteiger partial charge < -0.3 is 9.67 Å². The van der Waals surface area contributed by atoms with Gasteiger partial charge in [-0.1, -0.05) is 0 Å². The molecule has 0 radical (unpaired) electrons. The van der Waals surface area contributed by atoms with Crippen LogP contribution in [0, 0.1) is 0 Å². The van der Waals surface area contributed by atoms with Crippen molar-refractivity contribution in [2.75, 3.05) is 0 Å². The average Bonchev–Trinajstić information content (AvgIpc) is 3.11. The van der Waals surface area contributed by atoms with Crippen molar-refractivity contribution < 1.29 is 23.1 Å². The molecule has 132 valence electrons. The highest BCUT2D eigenvalue weighted by molar-refractivity contribution is 6.09. The van der Waals surface area contributed by atoms with Crippen molar-refractivity contribution >= 4 is 27.9 Å². The Morgan fingerprint density at radius 2 is 1.77 bits per heavy atom. The van der Waals surface area contributed by atoms with Crippen molar-refractivity contribution in [2.24, 2.45) is 7.05 Å². The van der Waals surface area contributed by atoms with Gasteiger partial charge in [0, 0.05) is 18.1 Å². The molecule has 2 heterocycles. The maximum atomic E-state index is 12.8. The van der Waals surface area contributed by atoms with E-state index in [2.05, 4.69) is 5.10 Å². The summed E-state index contributed by atoms with van der Waals surface area (Å²) in [5.74, 6) is -1.05. The lowest BCUT2D eigenvalue weighted by Gasteiger charge is -2.10. The summed E-state index contributed by atoms with van der Waals surface area (Å²) in [6.45, 7) is 0. The molecule has 0 aliphatic rings. The summed E-state index contributed by atoms with van der Waals surface area (Å²) in [5, 5.41) is 14.1. The van der Waals surface area contributed by atoms with E-state index in [1.807, 2.05) is 0 Å². The molecular formula is C18H12F3N3O2. The molecule has 0 saturated heterocycles. The minimum absolute atomic E-state index is 0.130. The highest BCUT2D eigenvalue weighted by Gasteiger charge is 2.30. The molecule has 0 saturated carbocycles. The zero-order chi connectivity index (χ0) is 18.6. The first-order valence-corrected chi connectivity index (χ1v) is 7.64. The van der Waals surface area contributed by atoms with Gasteiger partial charge >= 0.3 is 12.1 Å². The van der Waals surface area contributed by atoms with Crippen LogP contribution in [0.15, 0.2) is 48.7 Å². The molecule has 0 atom stereocenters. The zero-order valence-electron chi connectivity index (χ0n) is 13.4. The number of fused-ring (bicyclic) bond motifs is 3. The van der Waals surface area contributed by atoms with Gasteiger partial charge in [-0.05, 0) is 42.5 Å². The smallest absolute Gasteiger partial charge is 0.416 e. The lowest BCUT2D eigenvalue weighted by atomic mass is 10.1. The highest BCUT2D eigenvalue weighted by atomic mass is 19.4. The largest absolute Gasteiger partial charge is 0.478 e. The number of carboxylic acids is 1. The number of hydrogen-bond donors (Lipinski definition) is 1. The predicted octanol–water partition coefficient (Wildman–Crippen LogP) is 4.23. The molecule has 0 aliphatic heterocycles. The number of nitrogens with zero attached hydrogens (tertiary/aromatic N) is 3. The minimum atomic E-state index is -4.41. The molecule has 0 bridgehead atoms. The van der Waals surface area contributed by atoms with E-state index >= 15 is 0 Å². The van der Waals surface area contributed by atoms with Crippen LogP contribution in [0.5, 0.6) is 0 Å². The fraction of sp³-hybridized carbons (Fsp3) is 0.111. The molecule has 26 heavy (non-hydrogen) atoms. The summed E-state index contributed by atoms with van der Waals surface area (Å²) in [7, 11) is 1.73. The van der Waals surface area contributed by atoms with Gasteiger partial charge in [0.15, 0.2) is 0 Å². The highest BCUT2D eigenvalue weighted by Crippen LogP contribution is 2.34. The monoisotopic (exact) mass is 359 g/mol. The second-order valence-corrected chi connectivity index (χ2v) is 5.92. The van der Waals surface area contributed by atoms with E-state index in [1.165, 1.54) is 18.2 Å². The van der Waals surface area contributed by atoms with Crippen molar-refractivity contribution in [1.29, 1.82) is 0 Å².